The number of benzene rings is 2. The maximum atomic E-state index is 14.8. The number of nitriles is 1. The number of sulfonamides is 1. The molecule has 1 heterocycles. The summed E-state index contributed by atoms with van der Waals surface area (Å²) in [6.45, 7) is 6.12. The third kappa shape index (κ3) is 5.21. The van der Waals surface area contributed by atoms with Gasteiger partial charge >= 0.3 is 6.18 Å². The van der Waals surface area contributed by atoms with E-state index in [1.807, 2.05) is 25.5 Å². The van der Waals surface area contributed by atoms with Crippen LogP contribution in [0, 0.1) is 22.6 Å². The number of hydrogen-bond acceptors (Lipinski definition) is 3. The first-order chi connectivity index (χ1) is 16.2. The first kappa shape index (κ1) is 25.2. The zero-order chi connectivity index (χ0) is 25.8. The molecule has 1 fully saturated rings. The van der Waals surface area contributed by atoms with Crippen LogP contribution >= 0.6 is 0 Å². The van der Waals surface area contributed by atoms with Gasteiger partial charge in [-0.15, -0.1) is 0 Å². The van der Waals surface area contributed by atoms with Crippen LogP contribution in [0.3, 0.4) is 0 Å². The van der Waals surface area contributed by atoms with Crippen LogP contribution in [0.4, 0.5) is 17.6 Å². The lowest BCUT2D eigenvalue weighted by molar-refractivity contribution is -0.152. The number of fused-ring (bicyclic) bond motifs is 1. The molecule has 1 aliphatic carbocycles. The highest BCUT2D eigenvalue weighted by Gasteiger charge is 2.47. The lowest BCUT2D eigenvalue weighted by atomic mass is 9.96. The first-order valence-corrected chi connectivity index (χ1v) is 12.7. The normalized spacial score (nSPS) is 15.8. The van der Waals surface area contributed by atoms with Crippen molar-refractivity contribution in [2.45, 2.75) is 57.6 Å². The van der Waals surface area contributed by atoms with E-state index in [-0.39, 0.29) is 27.5 Å². The molecule has 1 aliphatic rings. The molecule has 186 valence electrons. The van der Waals surface area contributed by atoms with Gasteiger partial charge in [-0.2, -0.15) is 23.2 Å². The maximum Gasteiger partial charge on any atom is 0.408 e. The highest BCUT2D eigenvalue weighted by molar-refractivity contribution is 7.90. The van der Waals surface area contributed by atoms with Gasteiger partial charge in [0.15, 0.2) is 0 Å². The van der Waals surface area contributed by atoms with Crippen molar-refractivity contribution in [3.05, 3.63) is 59.5 Å². The Morgan fingerprint density at radius 2 is 1.86 bits per heavy atom. The average Bonchev–Trinajstić information content (AvgIpc) is 3.55. The quantitative estimate of drug-likeness (QED) is 0.413. The first-order valence-electron chi connectivity index (χ1n) is 11.1. The van der Waals surface area contributed by atoms with E-state index in [1.165, 1.54) is 36.5 Å². The van der Waals surface area contributed by atoms with E-state index in [9.17, 15) is 26.0 Å². The Hall–Kier alpha value is -2.90. The van der Waals surface area contributed by atoms with E-state index in [1.54, 1.807) is 16.7 Å². The van der Waals surface area contributed by atoms with Crippen LogP contribution in [0.5, 0.6) is 0 Å². The number of alkyl halides is 3. The molecular weight excluding hydrogens is 482 g/mol. The van der Waals surface area contributed by atoms with Crippen LogP contribution in [0.15, 0.2) is 42.6 Å². The Morgan fingerprint density at radius 3 is 2.43 bits per heavy atom. The van der Waals surface area contributed by atoms with E-state index in [0.29, 0.717) is 30.5 Å². The van der Waals surface area contributed by atoms with Gasteiger partial charge in [0.1, 0.15) is 17.9 Å². The second-order valence-electron chi connectivity index (χ2n) is 10.1. The molecule has 0 aliphatic heterocycles. The van der Waals surface area contributed by atoms with Gasteiger partial charge < -0.3 is 4.57 Å². The van der Waals surface area contributed by atoms with Crippen molar-refractivity contribution in [1.82, 2.24) is 9.29 Å². The summed E-state index contributed by atoms with van der Waals surface area (Å²) >= 11 is 0. The third-order valence-electron chi connectivity index (χ3n) is 5.87. The molecule has 2 aromatic carbocycles. The van der Waals surface area contributed by atoms with E-state index in [0.717, 1.165) is 0 Å². The van der Waals surface area contributed by atoms with Gasteiger partial charge in [-0.3, -0.25) is 0 Å². The number of aromatic nitrogens is 1. The summed E-state index contributed by atoms with van der Waals surface area (Å²) in [6.07, 6.45) is -2.87. The van der Waals surface area contributed by atoms with Crippen LogP contribution in [0.1, 0.15) is 50.8 Å². The maximum absolute atomic E-state index is 14.8. The largest absolute Gasteiger partial charge is 0.408 e. The Kier molecular flexibility index (Phi) is 6.22. The average molecular weight is 508 g/mol. The van der Waals surface area contributed by atoms with Crippen molar-refractivity contribution in [3.63, 3.8) is 0 Å². The minimum absolute atomic E-state index is 0.139. The lowest BCUT2D eigenvalue weighted by Crippen LogP contribution is -2.39. The van der Waals surface area contributed by atoms with Crippen LogP contribution < -0.4 is 4.72 Å². The second kappa shape index (κ2) is 8.64. The zero-order valence-electron chi connectivity index (χ0n) is 19.4. The summed E-state index contributed by atoms with van der Waals surface area (Å²) < 4.78 is 85.7. The molecule has 1 saturated carbocycles. The topological polar surface area (TPSA) is 74.9 Å². The van der Waals surface area contributed by atoms with Gasteiger partial charge in [0.05, 0.1) is 10.8 Å². The van der Waals surface area contributed by atoms with Crippen LogP contribution in [-0.4, -0.2) is 24.4 Å². The van der Waals surface area contributed by atoms with E-state index in [4.69, 9.17) is 5.26 Å². The molecule has 1 unspecified atom stereocenters. The Bertz CT molecular complexity index is 1430. The molecule has 5 nitrogen and oxygen atoms in total. The summed E-state index contributed by atoms with van der Waals surface area (Å²) in [7, 11) is -4.14. The van der Waals surface area contributed by atoms with Crippen molar-refractivity contribution >= 4 is 20.9 Å². The molecule has 3 aromatic rings. The SMILES string of the molecule is CC(C)(C)Cn1cc(C(NS(=O)(=O)C2CC2)C(F)(F)F)c2ccc(-c3cccc(C#N)c3F)cc21. The minimum Gasteiger partial charge on any atom is -0.347 e. The summed E-state index contributed by atoms with van der Waals surface area (Å²) in [5, 5.41) is 8.56. The fraction of sp³-hybridized carbons (Fsp3) is 0.400. The third-order valence-corrected chi connectivity index (χ3v) is 7.78. The summed E-state index contributed by atoms with van der Waals surface area (Å²) in [6, 6.07) is 8.25. The predicted octanol–water partition coefficient (Wildman–Crippen LogP) is 6.05. The van der Waals surface area contributed by atoms with Gasteiger partial charge in [-0.05, 0) is 36.0 Å². The lowest BCUT2D eigenvalue weighted by Gasteiger charge is -2.22. The van der Waals surface area contributed by atoms with Gasteiger partial charge in [-0.1, -0.05) is 45.0 Å². The number of nitrogens with zero attached hydrogens (tertiary/aromatic N) is 2. The van der Waals surface area contributed by atoms with Gasteiger partial charge in [-0.25, -0.2) is 12.8 Å². The Balaban J connectivity index is 1.91. The summed E-state index contributed by atoms with van der Waals surface area (Å²) in [4.78, 5) is 0. The monoisotopic (exact) mass is 507 g/mol. The molecule has 0 bridgehead atoms. The molecule has 10 heteroatoms. The summed E-state index contributed by atoms with van der Waals surface area (Å²) in [5.74, 6) is -0.714. The van der Waals surface area contributed by atoms with Crippen molar-refractivity contribution < 1.29 is 26.0 Å². The fourth-order valence-electron chi connectivity index (χ4n) is 4.15. The van der Waals surface area contributed by atoms with Crippen LogP contribution in [0.25, 0.3) is 22.0 Å². The number of hydrogen-bond donors (Lipinski definition) is 1. The minimum atomic E-state index is -4.87. The molecule has 1 aromatic heterocycles. The molecular formula is C25H25F4N3O2S. The molecule has 1 N–H and O–H groups in total. The zero-order valence-corrected chi connectivity index (χ0v) is 20.3. The molecule has 35 heavy (non-hydrogen) atoms. The smallest absolute Gasteiger partial charge is 0.347 e. The van der Waals surface area contributed by atoms with Crippen molar-refractivity contribution in [3.8, 4) is 17.2 Å². The van der Waals surface area contributed by atoms with E-state index in [2.05, 4.69) is 0 Å². The molecule has 4 rings (SSSR count). The van der Waals surface area contributed by atoms with Gasteiger partial charge in [0.25, 0.3) is 0 Å². The summed E-state index contributed by atoms with van der Waals surface area (Å²) in [5.41, 5.74) is 0.298. The van der Waals surface area contributed by atoms with Crippen molar-refractivity contribution in [1.29, 1.82) is 5.26 Å². The van der Waals surface area contributed by atoms with Gasteiger partial charge in [0, 0.05) is 34.8 Å². The Labute approximate surface area is 201 Å². The number of rotatable bonds is 6. The van der Waals surface area contributed by atoms with E-state index >= 15 is 0 Å². The fourth-order valence-corrected chi connectivity index (χ4v) is 5.68. The van der Waals surface area contributed by atoms with E-state index < -0.39 is 33.3 Å². The second-order valence-corrected chi connectivity index (χ2v) is 12.1. The highest BCUT2D eigenvalue weighted by atomic mass is 32.2. The standard InChI is InChI=1S/C25H25F4N3O2S/c1-24(2,3)14-32-13-20(23(25(27,28)29)31-35(33,34)17-8-9-17)19-10-7-15(11-21(19)32)18-6-4-5-16(12-30)22(18)26/h4-7,10-11,13,17,23,31H,8-9,14H2,1-3H3. The van der Waals surface area contributed by atoms with Crippen molar-refractivity contribution in [2.75, 3.05) is 0 Å². The molecule has 1 atom stereocenters. The van der Waals surface area contributed by atoms with Crippen LogP contribution in [0.2, 0.25) is 0 Å². The van der Waals surface area contributed by atoms with Crippen LogP contribution in [-0.2, 0) is 16.6 Å². The highest BCUT2D eigenvalue weighted by Crippen LogP contribution is 2.41. The number of nitrogens with one attached hydrogen (secondary N) is 1. The molecule has 0 saturated heterocycles. The molecule has 0 amide bonds. The number of halogens is 4. The molecule has 0 radical (unpaired) electrons. The Morgan fingerprint density at radius 1 is 1.17 bits per heavy atom. The van der Waals surface area contributed by atoms with Crippen molar-refractivity contribution in [2.24, 2.45) is 5.41 Å². The van der Waals surface area contributed by atoms with Gasteiger partial charge in [0.2, 0.25) is 10.0 Å². The molecule has 0 spiro atoms. The predicted molar refractivity (Wildman–Crippen MR) is 125 cm³/mol.